The number of piperazine rings is 1. The summed E-state index contributed by atoms with van der Waals surface area (Å²) in [4.78, 5) is 4.68. The van der Waals surface area contributed by atoms with Crippen LogP contribution in [0.5, 0.6) is 5.75 Å². The number of sulfonamides is 1. The molecule has 2 heterocycles. The van der Waals surface area contributed by atoms with Crippen LogP contribution < -0.4 is 4.90 Å². The van der Waals surface area contributed by atoms with Gasteiger partial charge in [-0.25, -0.2) is 8.42 Å². The van der Waals surface area contributed by atoms with Crippen LogP contribution in [0.1, 0.15) is 27.7 Å². The SMILES string of the molecule is CC(C)N(C[C@H]1CN(S(=O)(=O)c2cccs2)CCN1c1ccc(O)cc1)C(C)C. The normalized spacial score (nSPS) is 18.9. The smallest absolute Gasteiger partial charge is 0.252 e. The molecule has 6 nitrogen and oxygen atoms in total. The summed E-state index contributed by atoms with van der Waals surface area (Å²) in [6, 6.07) is 11.4. The molecule has 1 N–H and O–H groups in total. The van der Waals surface area contributed by atoms with E-state index in [0.29, 0.717) is 35.9 Å². The number of aromatic hydroxyl groups is 1. The first-order valence-corrected chi connectivity index (χ1v) is 12.4. The van der Waals surface area contributed by atoms with E-state index >= 15 is 0 Å². The molecule has 3 rings (SSSR count). The minimum absolute atomic E-state index is 0.0211. The molecule has 8 heteroatoms. The zero-order chi connectivity index (χ0) is 21.2. The maximum absolute atomic E-state index is 13.1. The Morgan fingerprint density at radius 2 is 1.76 bits per heavy atom. The lowest BCUT2D eigenvalue weighted by Gasteiger charge is -2.45. The molecule has 0 spiro atoms. The van der Waals surface area contributed by atoms with Crippen LogP contribution in [0.15, 0.2) is 46.0 Å². The largest absolute Gasteiger partial charge is 0.508 e. The van der Waals surface area contributed by atoms with Crippen LogP contribution in [0, 0.1) is 0 Å². The maximum atomic E-state index is 13.1. The summed E-state index contributed by atoms with van der Waals surface area (Å²) in [7, 11) is -3.47. The monoisotopic (exact) mass is 437 g/mol. The van der Waals surface area contributed by atoms with Crippen molar-refractivity contribution in [3.63, 3.8) is 0 Å². The molecule has 1 aliphatic rings. The summed E-state index contributed by atoms with van der Waals surface area (Å²) in [6.45, 7) is 11.0. The molecule has 1 aromatic carbocycles. The number of hydrogen-bond acceptors (Lipinski definition) is 6. The third-order valence-corrected chi connectivity index (χ3v) is 8.70. The Labute approximate surface area is 178 Å². The lowest BCUT2D eigenvalue weighted by atomic mass is 10.1. The quantitative estimate of drug-likeness (QED) is 0.719. The fraction of sp³-hybridized carbons (Fsp3) is 0.524. The Kier molecular flexibility index (Phi) is 6.88. The Morgan fingerprint density at radius 3 is 2.31 bits per heavy atom. The Balaban J connectivity index is 1.89. The van der Waals surface area contributed by atoms with Crippen molar-refractivity contribution in [1.82, 2.24) is 9.21 Å². The fourth-order valence-electron chi connectivity index (χ4n) is 3.98. The van der Waals surface area contributed by atoms with Crippen LogP contribution in [-0.2, 0) is 10.0 Å². The standard InChI is InChI=1S/C21H31N3O3S2/c1-16(2)24(17(3)4)15-19-14-22(29(26,27)21-6-5-13-28-21)11-12-23(19)18-7-9-20(25)10-8-18/h5-10,13,16-17,19,25H,11-12,14-15H2,1-4H3/t19-/m1/s1. The molecule has 0 radical (unpaired) electrons. The highest BCUT2D eigenvalue weighted by Crippen LogP contribution is 2.28. The van der Waals surface area contributed by atoms with Gasteiger partial charge in [-0.15, -0.1) is 11.3 Å². The second kappa shape index (κ2) is 9.04. The summed E-state index contributed by atoms with van der Waals surface area (Å²) < 4.78 is 28.2. The highest BCUT2D eigenvalue weighted by Gasteiger charge is 2.36. The van der Waals surface area contributed by atoms with Gasteiger partial charge in [-0.05, 0) is 63.4 Å². The Bertz CT molecular complexity index is 872. The second-order valence-electron chi connectivity index (χ2n) is 8.04. The summed E-state index contributed by atoms with van der Waals surface area (Å²) in [5, 5.41) is 11.5. The van der Waals surface area contributed by atoms with Crippen molar-refractivity contribution in [3.8, 4) is 5.75 Å². The summed E-state index contributed by atoms with van der Waals surface area (Å²) >= 11 is 1.27. The van der Waals surface area contributed by atoms with E-state index < -0.39 is 10.0 Å². The predicted octanol–water partition coefficient (Wildman–Crippen LogP) is 3.45. The van der Waals surface area contributed by atoms with Gasteiger partial charge in [0, 0.05) is 44.0 Å². The van der Waals surface area contributed by atoms with Crippen LogP contribution in [0.25, 0.3) is 0 Å². The van der Waals surface area contributed by atoms with E-state index in [-0.39, 0.29) is 11.8 Å². The van der Waals surface area contributed by atoms with E-state index in [9.17, 15) is 13.5 Å². The van der Waals surface area contributed by atoms with Gasteiger partial charge in [0.05, 0.1) is 6.04 Å². The van der Waals surface area contributed by atoms with Crippen LogP contribution in [0.3, 0.4) is 0 Å². The minimum Gasteiger partial charge on any atom is -0.508 e. The van der Waals surface area contributed by atoms with Gasteiger partial charge in [0.15, 0.2) is 0 Å². The average molecular weight is 438 g/mol. The highest BCUT2D eigenvalue weighted by molar-refractivity contribution is 7.91. The van der Waals surface area contributed by atoms with Crippen LogP contribution >= 0.6 is 11.3 Å². The van der Waals surface area contributed by atoms with Crippen molar-refractivity contribution in [2.45, 2.75) is 50.0 Å². The molecule has 2 aromatic rings. The lowest BCUT2D eigenvalue weighted by Crippen LogP contribution is -2.59. The number of phenolic OH excluding ortho intramolecular Hbond substituents is 1. The van der Waals surface area contributed by atoms with E-state index in [4.69, 9.17) is 0 Å². The maximum Gasteiger partial charge on any atom is 0.252 e. The molecule has 1 fully saturated rings. The predicted molar refractivity (Wildman–Crippen MR) is 119 cm³/mol. The van der Waals surface area contributed by atoms with E-state index in [1.165, 1.54) is 11.3 Å². The molecule has 0 amide bonds. The van der Waals surface area contributed by atoms with E-state index in [2.05, 4.69) is 37.5 Å². The first-order chi connectivity index (χ1) is 13.7. The molecule has 1 aliphatic heterocycles. The van der Waals surface area contributed by atoms with E-state index in [0.717, 1.165) is 12.2 Å². The van der Waals surface area contributed by atoms with Gasteiger partial charge in [-0.1, -0.05) is 6.07 Å². The third kappa shape index (κ3) is 4.94. The van der Waals surface area contributed by atoms with Gasteiger partial charge >= 0.3 is 0 Å². The molecular formula is C21H31N3O3S2. The first-order valence-electron chi connectivity index (χ1n) is 10.0. The van der Waals surface area contributed by atoms with Crippen molar-refractivity contribution < 1.29 is 13.5 Å². The number of rotatable bonds is 7. The third-order valence-electron chi connectivity index (χ3n) is 5.46. The molecule has 29 heavy (non-hydrogen) atoms. The first kappa shape index (κ1) is 22.1. The number of anilines is 1. The van der Waals surface area contributed by atoms with Crippen molar-refractivity contribution in [2.75, 3.05) is 31.1 Å². The van der Waals surface area contributed by atoms with E-state index in [1.807, 2.05) is 12.1 Å². The van der Waals surface area contributed by atoms with E-state index in [1.54, 1.807) is 34.0 Å². The number of benzene rings is 1. The minimum atomic E-state index is -3.47. The van der Waals surface area contributed by atoms with Crippen LogP contribution in [0.4, 0.5) is 5.69 Å². The van der Waals surface area contributed by atoms with Gasteiger partial charge in [-0.2, -0.15) is 4.31 Å². The number of hydrogen-bond donors (Lipinski definition) is 1. The van der Waals surface area contributed by atoms with Crippen molar-refractivity contribution >= 4 is 27.0 Å². The van der Waals surface area contributed by atoms with Crippen molar-refractivity contribution in [3.05, 3.63) is 41.8 Å². The summed E-state index contributed by atoms with van der Waals surface area (Å²) in [6.07, 6.45) is 0. The molecule has 0 saturated carbocycles. The van der Waals surface area contributed by atoms with Crippen LogP contribution in [0.2, 0.25) is 0 Å². The van der Waals surface area contributed by atoms with Gasteiger partial charge in [-0.3, -0.25) is 4.90 Å². The van der Waals surface area contributed by atoms with Crippen molar-refractivity contribution in [2.24, 2.45) is 0 Å². The lowest BCUT2D eigenvalue weighted by molar-refractivity contribution is 0.149. The van der Waals surface area contributed by atoms with Gasteiger partial charge in [0.25, 0.3) is 10.0 Å². The molecule has 1 saturated heterocycles. The molecule has 160 valence electrons. The van der Waals surface area contributed by atoms with Crippen LogP contribution in [-0.4, -0.2) is 67.0 Å². The number of phenols is 1. The molecule has 0 unspecified atom stereocenters. The summed E-state index contributed by atoms with van der Waals surface area (Å²) in [5.74, 6) is 0.232. The number of thiophene rings is 1. The molecular weight excluding hydrogens is 406 g/mol. The summed E-state index contributed by atoms with van der Waals surface area (Å²) in [5.41, 5.74) is 1.01. The zero-order valence-corrected chi connectivity index (χ0v) is 19.2. The molecule has 0 bridgehead atoms. The Hall–Kier alpha value is -1.61. The molecule has 1 atom stereocenters. The van der Waals surface area contributed by atoms with Gasteiger partial charge in [0.2, 0.25) is 0 Å². The fourth-order valence-corrected chi connectivity index (χ4v) is 6.60. The Morgan fingerprint density at radius 1 is 1.10 bits per heavy atom. The second-order valence-corrected chi connectivity index (χ2v) is 11.2. The van der Waals surface area contributed by atoms with Gasteiger partial charge in [0.1, 0.15) is 9.96 Å². The molecule has 1 aromatic heterocycles. The van der Waals surface area contributed by atoms with Gasteiger partial charge < -0.3 is 10.0 Å². The topological polar surface area (TPSA) is 64.1 Å². The highest BCUT2D eigenvalue weighted by atomic mass is 32.2. The van der Waals surface area contributed by atoms with Crippen molar-refractivity contribution in [1.29, 1.82) is 0 Å². The average Bonchev–Trinajstić information content (AvgIpc) is 3.22. The molecule has 0 aliphatic carbocycles. The number of nitrogens with zero attached hydrogens (tertiary/aromatic N) is 3. The zero-order valence-electron chi connectivity index (χ0n) is 17.5.